The number of hydrogen-bond donors (Lipinski definition) is 1. The second-order valence-corrected chi connectivity index (χ2v) is 5.69. The molecule has 1 aliphatic carbocycles. The maximum absolute atomic E-state index is 6.07. The van der Waals surface area contributed by atoms with Crippen molar-refractivity contribution in [1.82, 2.24) is 5.32 Å². The van der Waals surface area contributed by atoms with E-state index in [9.17, 15) is 0 Å². The summed E-state index contributed by atoms with van der Waals surface area (Å²) < 4.78 is 5.99. The fraction of sp³-hybridized carbons (Fsp3) is 0.625. The van der Waals surface area contributed by atoms with Crippen LogP contribution in [0.3, 0.4) is 0 Å². The van der Waals surface area contributed by atoms with Gasteiger partial charge in [0, 0.05) is 17.7 Å². The first kappa shape index (κ1) is 14.8. The smallest absolute Gasteiger partial charge is 0.0759 e. The van der Waals surface area contributed by atoms with Crippen molar-refractivity contribution in [1.29, 1.82) is 0 Å². The van der Waals surface area contributed by atoms with Gasteiger partial charge in [0.1, 0.15) is 0 Å². The van der Waals surface area contributed by atoms with Gasteiger partial charge in [-0.25, -0.2) is 0 Å². The maximum Gasteiger partial charge on any atom is 0.0759 e. The number of benzene rings is 1. The molecule has 3 heteroatoms. The molecule has 2 rings (SSSR count). The van der Waals surface area contributed by atoms with Crippen molar-refractivity contribution in [3.8, 4) is 0 Å². The molecule has 19 heavy (non-hydrogen) atoms. The number of rotatable bonds is 8. The Morgan fingerprint density at radius 3 is 2.74 bits per heavy atom. The summed E-state index contributed by atoms with van der Waals surface area (Å²) in [5.41, 5.74) is 1.28. The molecule has 1 aromatic carbocycles. The zero-order chi connectivity index (χ0) is 13.7. The summed E-state index contributed by atoms with van der Waals surface area (Å²) in [4.78, 5) is 0. The number of likely N-dealkylation sites (N-methyl/N-ethyl adjacent to an activating group) is 1. The summed E-state index contributed by atoms with van der Waals surface area (Å²) in [5, 5.41) is 4.40. The van der Waals surface area contributed by atoms with Gasteiger partial charge in [0.2, 0.25) is 0 Å². The summed E-state index contributed by atoms with van der Waals surface area (Å²) in [5.74, 6) is 0.739. The van der Waals surface area contributed by atoms with Gasteiger partial charge in [0.05, 0.1) is 6.10 Å². The predicted octanol–water partition coefficient (Wildman–Crippen LogP) is 3.68. The molecule has 0 bridgehead atoms. The Hall–Kier alpha value is -0.570. The molecule has 2 unspecified atom stereocenters. The molecule has 0 radical (unpaired) electrons. The first-order valence-electron chi connectivity index (χ1n) is 7.34. The number of hydrogen-bond acceptors (Lipinski definition) is 2. The minimum atomic E-state index is 0.337. The van der Waals surface area contributed by atoms with Gasteiger partial charge in [-0.3, -0.25) is 0 Å². The van der Waals surface area contributed by atoms with Crippen molar-refractivity contribution < 1.29 is 4.74 Å². The van der Waals surface area contributed by atoms with Gasteiger partial charge >= 0.3 is 0 Å². The highest BCUT2D eigenvalue weighted by Crippen LogP contribution is 2.36. The van der Waals surface area contributed by atoms with E-state index in [2.05, 4.69) is 31.3 Å². The van der Waals surface area contributed by atoms with E-state index in [4.69, 9.17) is 16.3 Å². The van der Waals surface area contributed by atoms with Gasteiger partial charge in [-0.2, -0.15) is 0 Å². The van der Waals surface area contributed by atoms with Crippen molar-refractivity contribution in [3.05, 3.63) is 34.9 Å². The van der Waals surface area contributed by atoms with Crippen LogP contribution in [0.5, 0.6) is 0 Å². The third-order valence-corrected chi connectivity index (χ3v) is 3.89. The van der Waals surface area contributed by atoms with Crippen molar-refractivity contribution in [3.63, 3.8) is 0 Å². The van der Waals surface area contributed by atoms with E-state index in [-0.39, 0.29) is 0 Å². The normalized spacial score (nSPS) is 18.3. The Bertz CT molecular complexity index is 392. The highest BCUT2D eigenvalue weighted by atomic mass is 35.5. The lowest BCUT2D eigenvalue weighted by Gasteiger charge is -2.28. The Balaban J connectivity index is 2.05. The molecule has 2 atom stereocenters. The maximum atomic E-state index is 6.07. The van der Waals surface area contributed by atoms with E-state index in [1.807, 2.05) is 12.1 Å². The monoisotopic (exact) mass is 281 g/mol. The van der Waals surface area contributed by atoms with Crippen LogP contribution in [0.15, 0.2) is 24.3 Å². The average molecular weight is 282 g/mol. The van der Waals surface area contributed by atoms with Crippen LogP contribution >= 0.6 is 11.6 Å². The molecule has 0 heterocycles. The zero-order valence-corrected chi connectivity index (χ0v) is 12.6. The van der Waals surface area contributed by atoms with E-state index in [1.54, 1.807) is 0 Å². The second kappa shape index (κ2) is 7.28. The molecule has 1 fully saturated rings. The third kappa shape index (κ3) is 4.48. The lowest BCUT2D eigenvalue weighted by Crippen LogP contribution is -2.44. The van der Waals surface area contributed by atoms with Crippen LogP contribution in [0.2, 0.25) is 5.02 Å². The van der Waals surface area contributed by atoms with Crippen molar-refractivity contribution >= 4 is 11.6 Å². The van der Waals surface area contributed by atoms with Gasteiger partial charge < -0.3 is 10.1 Å². The topological polar surface area (TPSA) is 21.3 Å². The number of halogens is 1. The first-order valence-corrected chi connectivity index (χ1v) is 7.71. The van der Waals surface area contributed by atoms with Gasteiger partial charge in [0.15, 0.2) is 0 Å². The van der Waals surface area contributed by atoms with E-state index in [1.165, 1.54) is 18.4 Å². The van der Waals surface area contributed by atoms with Gasteiger partial charge in [0.25, 0.3) is 0 Å². The molecule has 1 N–H and O–H groups in total. The lowest BCUT2D eigenvalue weighted by molar-refractivity contribution is 0.0196. The minimum absolute atomic E-state index is 0.337. The van der Waals surface area contributed by atoms with Crippen molar-refractivity contribution in [2.75, 3.05) is 13.2 Å². The van der Waals surface area contributed by atoms with Crippen LogP contribution in [0.4, 0.5) is 0 Å². The molecule has 1 aromatic rings. The number of nitrogens with one attached hydrogen (secondary N) is 1. The first-order chi connectivity index (χ1) is 9.24. The average Bonchev–Trinajstić information content (AvgIpc) is 3.20. The standard InChI is InChI=1S/C16H24ClNO/c1-3-18-15(16(19-4-2)13-8-9-13)11-12-6-5-7-14(17)10-12/h5-7,10,13,15-16,18H,3-4,8-9,11H2,1-2H3. The zero-order valence-electron chi connectivity index (χ0n) is 11.9. The third-order valence-electron chi connectivity index (χ3n) is 3.65. The highest BCUT2D eigenvalue weighted by Gasteiger charge is 2.36. The van der Waals surface area contributed by atoms with Crippen molar-refractivity contribution in [2.45, 2.75) is 45.3 Å². The lowest BCUT2D eigenvalue weighted by atomic mass is 9.98. The number of ether oxygens (including phenoxy) is 1. The summed E-state index contributed by atoms with van der Waals surface area (Å²) in [6.45, 7) is 6.00. The van der Waals surface area contributed by atoms with Gasteiger partial charge in [-0.1, -0.05) is 30.7 Å². The molecule has 2 nitrogen and oxygen atoms in total. The quantitative estimate of drug-likeness (QED) is 0.785. The van der Waals surface area contributed by atoms with Gasteiger partial charge in [-0.15, -0.1) is 0 Å². The SMILES string of the molecule is CCNC(Cc1cccc(Cl)c1)C(OCC)C1CC1. The predicted molar refractivity (Wildman–Crippen MR) is 80.8 cm³/mol. The van der Waals surface area contributed by atoms with Crippen molar-refractivity contribution in [2.24, 2.45) is 5.92 Å². The Morgan fingerprint density at radius 2 is 2.16 bits per heavy atom. The van der Waals surface area contributed by atoms with Crippen LogP contribution in [0.1, 0.15) is 32.3 Å². The van der Waals surface area contributed by atoms with E-state index >= 15 is 0 Å². The largest absolute Gasteiger partial charge is 0.377 e. The van der Waals surface area contributed by atoms with Crippen LogP contribution in [-0.4, -0.2) is 25.3 Å². The Labute approximate surface area is 121 Å². The fourth-order valence-electron chi connectivity index (χ4n) is 2.68. The Kier molecular flexibility index (Phi) is 5.68. The summed E-state index contributed by atoms with van der Waals surface area (Å²) in [6, 6.07) is 8.53. The fourth-order valence-corrected chi connectivity index (χ4v) is 2.90. The minimum Gasteiger partial charge on any atom is -0.377 e. The second-order valence-electron chi connectivity index (χ2n) is 5.26. The molecule has 0 spiro atoms. The molecule has 0 saturated heterocycles. The summed E-state index contributed by atoms with van der Waals surface area (Å²) in [6.07, 6.45) is 3.93. The van der Waals surface area contributed by atoms with Gasteiger partial charge in [-0.05, 0) is 56.3 Å². The Morgan fingerprint density at radius 1 is 1.37 bits per heavy atom. The molecule has 106 valence electrons. The summed E-state index contributed by atoms with van der Waals surface area (Å²) in [7, 11) is 0. The van der Waals surface area contributed by atoms with Crippen LogP contribution in [-0.2, 0) is 11.2 Å². The highest BCUT2D eigenvalue weighted by molar-refractivity contribution is 6.30. The molecule has 0 aromatic heterocycles. The van der Waals surface area contributed by atoms with Crippen LogP contribution in [0, 0.1) is 5.92 Å². The molecular weight excluding hydrogens is 258 g/mol. The molecular formula is C16H24ClNO. The van der Waals surface area contributed by atoms with Crippen LogP contribution in [0.25, 0.3) is 0 Å². The van der Waals surface area contributed by atoms with E-state index < -0.39 is 0 Å². The summed E-state index contributed by atoms with van der Waals surface area (Å²) >= 11 is 6.07. The van der Waals surface area contributed by atoms with E-state index in [0.717, 1.165) is 30.5 Å². The van der Waals surface area contributed by atoms with Crippen LogP contribution < -0.4 is 5.32 Å². The van der Waals surface area contributed by atoms with E-state index in [0.29, 0.717) is 12.1 Å². The molecule has 1 aliphatic rings. The molecule has 1 saturated carbocycles. The molecule has 0 amide bonds. The molecule has 0 aliphatic heterocycles.